The van der Waals surface area contributed by atoms with Gasteiger partial charge in [0.05, 0.1) is 6.42 Å². The number of aromatic nitrogens is 2. The number of nitrogens with zero attached hydrogens (tertiary/aromatic N) is 4. The van der Waals surface area contributed by atoms with Crippen LogP contribution in [0.15, 0.2) is 60.9 Å². The van der Waals surface area contributed by atoms with Crippen molar-refractivity contribution in [3.8, 4) is 11.1 Å². The summed E-state index contributed by atoms with van der Waals surface area (Å²) < 4.78 is 0. The maximum absolute atomic E-state index is 12.8. The zero-order valence-corrected chi connectivity index (χ0v) is 19.1. The number of benzene rings is 1. The van der Waals surface area contributed by atoms with E-state index in [0.717, 1.165) is 54.4 Å². The van der Waals surface area contributed by atoms with Crippen molar-refractivity contribution >= 4 is 11.6 Å². The van der Waals surface area contributed by atoms with E-state index in [0.29, 0.717) is 6.04 Å². The van der Waals surface area contributed by atoms with Gasteiger partial charge >= 0.3 is 0 Å². The summed E-state index contributed by atoms with van der Waals surface area (Å²) >= 11 is 0. The monoisotopic (exact) mass is 429 g/mol. The van der Waals surface area contributed by atoms with Crippen LogP contribution in [-0.2, 0) is 17.8 Å². The van der Waals surface area contributed by atoms with E-state index in [2.05, 4.69) is 39.2 Å². The van der Waals surface area contributed by atoms with Crippen LogP contribution in [0.5, 0.6) is 0 Å². The largest absolute Gasteiger partial charge is 0.315 e. The number of pyridine rings is 2. The molecule has 4 rings (SSSR count). The molecule has 1 amide bonds. The van der Waals surface area contributed by atoms with Crippen LogP contribution in [0, 0.1) is 6.92 Å². The number of rotatable bonds is 6. The number of anilines is 1. The van der Waals surface area contributed by atoms with E-state index >= 15 is 0 Å². The van der Waals surface area contributed by atoms with Gasteiger partial charge in [0.2, 0.25) is 5.91 Å². The first kappa shape index (κ1) is 22.1. The molecule has 3 aromatic rings. The van der Waals surface area contributed by atoms with Crippen molar-refractivity contribution < 1.29 is 4.79 Å². The number of amides is 1. The van der Waals surface area contributed by atoms with Crippen molar-refractivity contribution in [1.82, 2.24) is 20.2 Å². The van der Waals surface area contributed by atoms with Crippen LogP contribution >= 0.6 is 0 Å². The van der Waals surface area contributed by atoms with Crippen LogP contribution < -0.4 is 10.2 Å². The standard InChI is InChI=1S/C26H31N5O/c1-19-14-22(10-11-27-19)23-6-7-24(29-16-23)15-26(32)30(3)25-8-4-21(5-9-25)18-31-13-12-28-20(2)17-31/h4-11,14,16,20,28H,12-13,15,17-18H2,1-3H3/t20-/m0/s1. The Labute approximate surface area is 190 Å². The van der Waals surface area contributed by atoms with Gasteiger partial charge in [-0.2, -0.15) is 0 Å². The van der Waals surface area contributed by atoms with Gasteiger partial charge in [-0.15, -0.1) is 0 Å². The number of carbonyl (C=O) groups excluding carboxylic acids is 1. The fourth-order valence-corrected chi connectivity index (χ4v) is 4.08. The van der Waals surface area contributed by atoms with Gasteiger partial charge in [0.25, 0.3) is 0 Å². The lowest BCUT2D eigenvalue weighted by Gasteiger charge is -2.31. The minimum atomic E-state index is 0.0219. The Kier molecular flexibility index (Phi) is 6.93. The highest BCUT2D eigenvalue weighted by Crippen LogP contribution is 2.20. The molecule has 6 nitrogen and oxygen atoms in total. The highest BCUT2D eigenvalue weighted by atomic mass is 16.2. The van der Waals surface area contributed by atoms with Crippen molar-refractivity contribution in [1.29, 1.82) is 0 Å². The zero-order chi connectivity index (χ0) is 22.5. The maximum atomic E-state index is 12.8. The number of nitrogens with one attached hydrogen (secondary N) is 1. The number of carbonyl (C=O) groups is 1. The molecular formula is C26H31N5O. The van der Waals surface area contributed by atoms with E-state index in [1.807, 2.05) is 56.6 Å². The molecule has 2 aromatic heterocycles. The van der Waals surface area contributed by atoms with Crippen LogP contribution in [0.4, 0.5) is 5.69 Å². The van der Waals surface area contributed by atoms with E-state index in [9.17, 15) is 4.79 Å². The average Bonchev–Trinajstić information content (AvgIpc) is 2.79. The number of hydrogen-bond acceptors (Lipinski definition) is 5. The molecule has 0 aliphatic carbocycles. The lowest BCUT2D eigenvalue weighted by atomic mass is 10.1. The van der Waals surface area contributed by atoms with Crippen molar-refractivity contribution in [2.24, 2.45) is 0 Å². The number of piperazine rings is 1. The van der Waals surface area contributed by atoms with E-state index < -0.39 is 0 Å². The van der Waals surface area contributed by atoms with E-state index in [-0.39, 0.29) is 12.3 Å². The van der Waals surface area contributed by atoms with E-state index in [4.69, 9.17) is 0 Å². The predicted octanol–water partition coefficient (Wildman–Crippen LogP) is 3.45. The maximum Gasteiger partial charge on any atom is 0.232 e. The molecule has 1 atom stereocenters. The zero-order valence-electron chi connectivity index (χ0n) is 19.1. The Morgan fingerprint density at radius 3 is 2.62 bits per heavy atom. The number of aryl methyl sites for hydroxylation is 1. The SMILES string of the molecule is Cc1cc(-c2ccc(CC(=O)N(C)c3ccc(CN4CCN[C@@H](C)C4)cc3)nc2)ccn1. The summed E-state index contributed by atoms with van der Waals surface area (Å²) in [4.78, 5) is 25.7. The number of likely N-dealkylation sites (N-methyl/N-ethyl adjacent to an activating group) is 1. The Morgan fingerprint density at radius 2 is 1.94 bits per heavy atom. The summed E-state index contributed by atoms with van der Waals surface area (Å²) in [6.45, 7) is 8.30. The first-order valence-corrected chi connectivity index (χ1v) is 11.2. The Morgan fingerprint density at radius 1 is 1.12 bits per heavy atom. The smallest absolute Gasteiger partial charge is 0.232 e. The number of hydrogen-bond donors (Lipinski definition) is 1. The van der Waals surface area contributed by atoms with Crippen molar-refractivity contribution in [2.45, 2.75) is 32.9 Å². The van der Waals surface area contributed by atoms with Gasteiger partial charge in [-0.25, -0.2) is 0 Å². The van der Waals surface area contributed by atoms with Crippen molar-refractivity contribution in [3.05, 3.63) is 77.9 Å². The molecule has 1 N–H and O–H groups in total. The molecule has 1 fully saturated rings. The molecule has 0 bridgehead atoms. The van der Waals surface area contributed by atoms with E-state index in [1.165, 1.54) is 5.56 Å². The Hall–Kier alpha value is -3.09. The molecule has 1 aromatic carbocycles. The second-order valence-electron chi connectivity index (χ2n) is 8.61. The predicted molar refractivity (Wildman–Crippen MR) is 129 cm³/mol. The first-order valence-electron chi connectivity index (χ1n) is 11.2. The van der Waals surface area contributed by atoms with Gasteiger partial charge in [0.15, 0.2) is 0 Å². The third kappa shape index (κ3) is 5.58. The molecule has 0 saturated carbocycles. The van der Waals surface area contributed by atoms with Gasteiger partial charge in [-0.05, 0) is 55.3 Å². The summed E-state index contributed by atoms with van der Waals surface area (Å²) in [5, 5.41) is 3.47. The highest BCUT2D eigenvalue weighted by Gasteiger charge is 2.16. The van der Waals surface area contributed by atoms with Crippen LogP contribution in [0.3, 0.4) is 0 Å². The average molecular weight is 430 g/mol. The van der Waals surface area contributed by atoms with Crippen molar-refractivity contribution in [2.75, 3.05) is 31.6 Å². The normalized spacial score (nSPS) is 16.7. The third-order valence-corrected chi connectivity index (χ3v) is 5.94. The Balaban J connectivity index is 1.35. The van der Waals surface area contributed by atoms with Crippen molar-refractivity contribution in [3.63, 3.8) is 0 Å². The minimum Gasteiger partial charge on any atom is -0.315 e. The highest BCUT2D eigenvalue weighted by molar-refractivity contribution is 5.94. The topological polar surface area (TPSA) is 61.4 Å². The second kappa shape index (κ2) is 10.0. The molecular weight excluding hydrogens is 398 g/mol. The lowest BCUT2D eigenvalue weighted by Crippen LogP contribution is -2.48. The Bertz CT molecular complexity index is 1050. The van der Waals surface area contributed by atoms with Gasteiger partial charge in [0.1, 0.15) is 0 Å². The lowest BCUT2D eigenvalue weighted by molar-refractivity contribution is -0.117. The minimum absolute atomic E-state index is 0.0219. The van der Waals surface area contributed by atoms with E-state index in [1.54, 1.807) is 11.1 Å². The van der Waals surface area contributed by atoms with Crippen LogP contribution in [0.25, 0.3) is 11.1 Å². The molecule has 32 heavy (non-hydrogen) atoms. The summed E-state index contributed by atoms with van der Waals surface area (Å²) in [5.41, 5.74) is 6.01. The quantitative estimate of drug-likeness (QED) is 0.650. The first-order chi connectivity index (χ1) is 15.5. The molecule has 0 radical (unpaired) electrons. The molecule has 1 aliphatic heterocycles. The van der Waals surface area contributed by atoms with Crippen LogP contribution in [-0.4, -0.2) is 53.5 Å². The fraction of sp³-hybridized carbons (Fsp3) is 0.346. The molecule has 1 saturated heterocycles. The summed E-state index contributed by atoms with van der Waals surface area (Å²) in [5.74, 6) is 0.0219. The van der Waals surface area contributed by atoms with Gasteiger partial charge < -0.3 is 10.2 Å². The summed E-state index contributed by atoms with van der Waals surface area (Å²) in [7, 11) is 1.82. The third-order valence-electron chi connectivity index (χ3n) is 5.94. The van der Waals surface area contributed by atoms with Gasteiger partial charge in [-0.3, -0.25) is 19.7 Å². The molecule has 3 heterocycles. The van der Waals surface area contributed by atoms with Gasteiger partial charge in [0, 0.05) is 74.3 Å². The molecule has 0 unspecified atom stereocenters. The van der Waals surface area contributed by atoms with Crippen LogP contribution in [0.2, 0.25) is 0 Å². The van der Waals surface area contributed by atoms with Gasteiger partial charge in [-0.1, -0.05) is 18.2 Å². The molecule has 1 aliphatic rings. The fourth-order valence-electron chi connectivity index (χ4n) is 4.08. The van der Waals surface area contributed by atoms with Crippen LogP contribution in [0.1, 0.15) is 23.9 Å². The molecule has 6 heteroatoms. The summed E-state index contributed by atoms with van der Waals surface area (Å²) in [6, 6.07) is 16.8. The second-order valence-corrected chi connectivity index (χ2v) is 8.61. The summed E-state index contributed by atoms with van der Waals surface area (Å²) in [6.07, 6.45) is 3.89. The molecule has 0 spiro atoms. The molecule has 166 valence electrons.